The summed E-state index contributed by atoms with van der Waals surface area (Å²) in [6.45, 7) is 2.28. The molecule has 0 N–H and O–H groups in total. The lowest BCUT2D eigenvalue weighted by Crippen LogP contribution is -2.27. The zero-order valence-corrected chi connectivity index (χ0v) is 12.9. The van der Waals surface area contributed by atoms with Crippen molar-refractivity contribution in [1.82, 2.24) is 14.5 Å². The molecule has 0 aliphatic heterocycles. The zero-order valence-electron chi connectivity index (χ0n) is 12.1. The number of hydrogen-bond acceptors (Lipinski definition) is 4. The predicted molar refractivity (Wildman–Crippen MR) is 86.0 cm³/mol. The van der Waals surface area contributed by atoms with Gasteiger partial charge in [-0.15, -0.1) is 0 Å². The topological polar surface area (TPSA) is 70.8 Å². The van der Waals surface area contributed by atoms with Crippen LogP contribution in [0.4, 0.5) is 0 Å². The van der Waals surface area contributed by atoms with Crippen LogP contribution in [0.15, 0.2) is 58.6 Å². The van der Waals surface area contributed by atoms with Crippen LogP contribution in [0.25, 0.3) is 10.9 Å². The van der Waals surface area contributed by atoms with E-state index >= 15 is 0 Å². The Bertz CT molecular complexity index is 849. The summed E-state index contributed by atoms with van der Waals surface area (Å²) in [6, 6.07) is 12.6. The number of rotatable bonds is 4. The fraction of sp³-hybridized carbons (Fsp3) is 0.188. The average Bonchev–Trinajstić information content (AvgIpc) is 2.55. The molecule has 112 valence electrons. The first kappa shape index (κ1) is 14.7. The Hall–Kier alpha value is -2.18. The van der Waals surface area contributed by atoms with E-state index in [2.05, 4.69) is 9.97 Å². The maximum Gasteiger partial charge on any atom is 0.327 e. The largest absolute Gasteiger partial charge is 0.609 e. The number of fused-ring (bicyclic) bond motifs is 1. The first-order valence-electron chi connectivity index (χ1n) is 6.98. The van der Waals surface area contributed by atoms with Crippen LogP contribution in [-0.4, -0.2) is 19.1 Å². The van der Waals surface area contributed by atoms with Crippen molar-refractivity contribution in [2.45, 2.75) is 24.4 Å². The molecule has 1 aromatic carbocycles. The van der Waals surface area contributed by atoms with Crippen molar-refractivity contribution in [3.05, 3.63) is 64.7 Å². The van der Waals surface area contributed by atoms with Crippen LogP contribution in [0.5, 0.6) is 0 Å². The van der Waals surface area contributed by atoms with Gasteiger partial charge < -0.3 is 4.55 Å². The van der Waals surface area contributed by atoms with Crippen LogP contribution >= 0.6 is 0 Å². The lowest BCUT2D eigenvalue weighted by atomic mass is 10.2. The monoisotopic (exact) mass is 313 g/mol. The maximum atomic E-state index is 12.6. The molecule has 3 rings (SSSR count). The van der Waals surface area contributed by atoms with Gasteiger partial charge in [-0.1, -0.05) is 18.2 Å². The molecule has 22 heavy (non-hydrogen) atoms. The van der Waals surface area contributed by atoms with Gasteiger partial charge in [-0.3, -0.25) is 14.3 Å². The fourth-order valence-corrected chi connectivity index (χ4v) is 3.51. The fourth-order valence-electron chi connectivity index (χ4n) is 2.28. The molecule has 0 spiro atoms. The Kier molecular flexibility index (Phi) is 4.22. The minimum atomic E-state index is -1.42. The Morgan fingerprint density at radius 1 is 1.18 bits per heavy atom. The highest BCUT2D eigenvalue weighted by Gasteiger charge is 2.21. The van der Waals surface area contributed by atoms with Gasteiger partial charge in [-0.25, -0.2) is 0 Å². The minimum absolute atomic E-state index is 0.155. The van der Waals surface area contributed by atoms with Gasteiger partial charge in [0, 0.05) is 23.9 Å². The second-order valence-electron chi connectivity index (χ2n) is 4.77. The molecule has 3 aromatic rings. The van der Waals surface area contributed by atoms with Gasteiger partial charge in [0.15, 0.2) is 5.75 Å². The molecular weight excluding hydrogens is 298 g/mol. The van der Waals surface area contributed by atoms with Crippen LogP contribution in [0.3, 0.4) is 0 Å². The lowest BCUT2D eigenvalue weighted by Gasteiger charge is -2.14. The molecular formula is C16H15N3O2S. The van der Waals surface area contributed by atoms with Gasteiger partial charge in [0.05, 0.1) is 16.6 Å². The molecule has 5 nitrogen and oxygen atoms in total. The number of para-hydroxylation sites is 1. The van der Waals surface area contributed by atoms with Crippen molar-refractivity contribution in [3.63, 3.8) is 0 Å². The molecule has 0 saturated heterocycles. The minimum Gasteiger partial charge on any atom is -0.609 e. The van der Waals surface area contributed by atoms with Gasteiger partial charge in [0.1, 0.15) is 0 Å². The molecule has 0 bridgehead atoms. The summed E-state index contributed by atoms with van der Waals surface area (Å²) in [5.41, 5.74) is 1.13. The molecule has 1 atom stereocenters. The highest BCUT2D eigenvalue weighted by molar-refractivity contribution is 7.90. The van der Waals surface area contributed by atoms with Crippen molar-refractivity contribution < 1.29 is 4.55 Å². The van der Waals surface area contributed by atoms with Crippen molar-refractivity contribution in [3.8, 4) is 0 Å². The number of benzene rings is 1. The van der Waals surface area contributed by atoms with E-state index < -0.39 is 11.2 Å². The Morgan fingerprint density at radius 3 is 2.68 bits per heavy atom. The maximum absolute atomic E-state index is 12.6. The molecule has 0 aliphatic rings. The molecule has 0 radical (unpaired) electrons. The normalized spacial score (nSPS) is 12.5. The van der Waals surface area contributed by atoms with E-state index in [1.807, 2.05) is 31.2 Å². The van der Waals surface area contributed by atoms with E-state index in [1.165, 1.54) is 4.57 Å². The van der Waals surface area contributed by atoms with E-state index in [-0.39, 0.29) is 11.3 Å². The highest BCUT2D eigenvalue weighted by Crippen LogP contribution is 2.15. The molecule has 6 heteroatoms. The highest BCUT2D eigenvalue weighted by atomic mass is 32.2. The van der Waals surface area contributed by atoms with Gasteiger partial charge in [-0.2, -0.15) is 4.98 Å². The molecule has 0 aliphatic carbocycles. The number of hydrogen-bond donors (Lipinski definition) is 0. The standard InChI is InChI=1S/C16H15N3O2S/c1-2-19-15(20)13-8-3-4-9-14(13)18-16(19)22(21)11-12-7-5-6-10-17-12/h3-10H,2,11H2,1H3. The summed E-state index contributed by atoms with van der Waals surface area (Å²) in [7, 11) is 0. The van der Waals surface area contributed by atoms with Gasteiger partial charge >= 0.3 is 5.16 Å². The smallest absolute Gasteiger partial charge is 0.327 e. The SMILES string of the molecule is CCn1c([S+]([O-])Cc2ccccn2)nc2ccccc2c1=O. The van der Waals surface area contributed by atoms with Crippen molar-refractivity contribution in [2.75, 3.05) is 0 Å². The second-order valence-corrected chi connectivity index (χ2v) is 6.12. The van der Waals surface area contributed by atoms with E-state index in [0.717, 1.165) is 0 Å². The van der Waals surface area contributed by atoms with Crippen LogP contribution in [0.1, 0.15) is 12.6 Å². The predicted octanol–water partition coefficient (Wildman–Crippen LogP) is 2.12. The summed E-state index contributed by atoms with van der Waals surface area (Å²) in [6.07, 6.45) is 1.66. The third kappa shape index (κ3) is 2.75. The van der Waals surface area contributed by atoms with E-state index in [9.17, 15) is 9.35 Å². The molecule has 2 heterocycles. The number of nitrogens with zero attached hydrogens (tertiary/aromatic N) is 3. The Balaban J connectivity index is 2.07. The van der Waals surface area contributed by atoms with Crippen LogP contribution < -0.4 is 5.56 Å². The summed E-state index contributed by atoms with van der Waals surface area (Å²) in [5, 5.41) is 0.847. The summed E-state index contributed by atoms with van der Waals surface area (Å²) in [4.78, 5) is 21.1. The van der Waals surface area contributed by atoms with E-state index in [4.69, 9.17) is 0 Å². The van der Waals surface area contributed by atoms with Gasteiger partial charge in [-0.05, 0) is 31.2 Å². The van der Waals surface area contributed by atoms with Crippen LogP contribution in [0.2, 0.25) is 0 Å². The molecule has 0 saturated carbocycles. The quantitative estimate of drug-likeness (QED) is 0.546. The third-order valence-electron chi connectivity index (χ3n) is 3.35. The Labute approximate surface area is 130 Å². The second kappa shape index (κ2) is 6.29. The van der Waals surface area contributed by atoms with Crippen molar-refractivity contribution in [1.29, 1.82) is 0 Å². The number of pyridine rings is 1. The summed E-state index contributed by atoms with van der Waals surface area (Å²) in [5.74, 6) is 0.242. The van der Waals surface area contributed by atoms with E-state index in [0.29, 0.717) is 28.3 Å². The zero-order chi connectivity index (χ0) is 15.5. The van der Waals surface area contributed by atoms with Gasteiger partial charge in [0.2, 0.25) is 0 Å². The first-order chi connectivity index (χ1) is 10.7. The van der Waals surface area contributed by atoms with E-state index in [1.54, 1.807) is 24.4 Å². The molecule has 1 unspecified atom stereocenters. The van der Waals surface area contributed by atoms with Crippen LogP contribution in [0, 0.1) is 0 Å². The van der Waals surface area contributed by atoms with Crippen molar-refractivity contribution in [2.24, 2.45) is 0 Å². The molecule has 0 amide bonds. The molecule has 0 fully saturated rings. The summed E-state index contributed by atoms with van der Waals surface area (Å²) < 4.78 is 14.1. The third-order valence-corrected chi connectivity index (χ3v) is 4.63. The first-order valence-corrected chi connectivity index (χ1v) is 8.30. The average molecular weight is 313 g/mol. The Morgan fingerprint density at radius 2 is 1.95 bits per heavy atom. The lowest BCUT2D eigenvalue weighted by molar-refractivity contribution is 0.554. The molecule has 2 aromatic heterocycles. The summed E-state index contributed by atoms with van der Waals surface area (Å²) >= 11 is -1.42. The van der Waals surface area contributed by atoms with Crippen molar-refractivity contribution >= 4 is 22.1 Å². The number of aromatic nitrogens is 3. The van der Waals surface area contributed by atoms with Crippen LogP contribution in [-0.2, 0) is 23.5 Å². The van der Waals surface area contributed by atoms with Gasteiger partial charge in [0.25, 0.3) is 5.56 Å².